The van der Waals surface area contributed by atoms with E-state index in [4.69, 9.17) is 0 Å². The van der Waals surface area contributed by atoms with E-state index in [1.165, 1.54) is 22.0 Å². The number of fused-ring (bicyclic) bond motifs is 1. The van der Waals surface area contributed by atoms with Crippen LogP contribution in [0, 0.1) is 13.8 Å². The second-order valence-electron chi connectivity index (χ2n) is 6.24. The van der Waals surface area contributed by atoms with Gasteiger partial charge in [0.05, 0.1) is 12.2 Å². The first-order valence-corrected chi connectivity index (χ1v) is 8.59. The molecule has 0 atom stereocenters. The summed E-state index contributed by atoms with van der Waals surface area (Å²) in [7, 11) is 1.79. The maximum atomic E-state index is 4.49. The maximum absolute atomic E-state index is 4.49. The molecule has 26 heavy (non-hydrogen) atoms. The summed E-state index contributed by atoms with van der Waals surface area (Å²) in [5, 5.41) is 7.96. The van der Waals surface area contributed by atoms with Gasteiger partial charge >= 0.3 is 0 Å². The minimum absolute atomic E-state index is 0. The maximum Gasteiger partial charge on any atom is 0.191 e. The predicted molar refractivity (Wildman–Crippen MR) is 119 cm³/mol. The zero-order valence-corrected chi connectivity index (χ0v) is 17.8. The van der Waals surface area contributed by atoms with E-state index in [9.17, 15) is 0 Å². The van der Waals surface area contributed by atoms with Gasteiger partial charge in [-0.2, -0.15) is 0 Å². The quantitative estimate of drug-likeness (QED) is 0.307. The molecule has 0 radical (unpaired) electrons. The highest BCUT2D eigenvalue weighted by atomic mass is 127. The van der Waals surface area contributed by atoms with Crippen LogP contribution in [-0.2, 0) is 13.0 Å². The second kappa shape index (κ2) is 9.56. The number of hydrogen-bond acceptors (Lipinski definition) is 2. The summed E-state index contributed by atoms with van der Waals surface area (Å²) >= 11 is 0. The molecule has 0 aliphatic heterocycles. The van der Waals surface area contributed by atoms with Crippen molar-refractivity contribution in [3.63, 3.8) is 0 Å². The van der Waals surface area contributed by atoms with Gasteiger partial charge in [-0.1, -0.05) is 18.2 Å². The number of aromatic nitrogens is 2. The Bertz CT molecular complexity index is 885. The standard InChI is InChI=1S/C20H25N5.HI/c1-14-7-8-18-16(12-23-19(18)11-14)9-10-22-20(21-3)24-13-17-6-4-5-15(2)25-17;/h4-8,11-12,23H,9-10,13H2,1-3H3,(H2,21,22,24);1H. The number of nitrogens with one attached hydrogen (secondary N) is 3. The van der Waals surface area contributed by atoms with E-state index < -0.39 is 0 Å². The van der Waals surface area contributed by atoms with Crippen LogP contribution in [0.2, 0.25) is 0 Å². The second-order valence-corrected chi connectivity index (χ2v) is 6.24. The highest BCUT2D eigenvalue weighted by molar-refractivity contribution is 14.0. The number of H-pyrrole nitrogens is 1. The molecule has 3 N–H and O–H groups in total. The van der Waals surface area contributed by atoms with Crippen LogP contribution in [0.1, 0.15) is 22.5 Å². The number of guanidine groups is 1. The van der Waals surface area contributed by atoms with E-state index >= 15 is 0 Å². The van der Waals surface area contributed by atoms with Gasteiger partial charge in [0.25, 0.3) is 0 Å². The van der Waals surface area contributed by atoms with Gasteiger partial charge < -0.3 is 15.6 Å². The largest absolute Gasteiger partial charge is 0.361 e. The lowest BCUT2D eigenvalue weighted by Gasteiger charge is -2.11. The van der Waals surface area contributed by atoms with Crippen LogP contribution in [0.3, 0.4) is 0 Å². The molecule has 2 aromatic heterocycles. The average molecular weight is 463 g/mol. The van der Waals surface area contributed by atoms with Crippen molar-refractivity contribution >= 4 is 40.8 Å². The van der Waals surface area contributed by atoms with Crippen molar-refractivity contribution in [1.29, 1.82) is 0 Å². The highest BCUT2D eigenvalue weighted by Crippen LogP contribution is 2.19. The summed E-state index contributed by atoms with van der Waals surface area (Å²) in [6, 6.07) is 12.6. The van der Waals surface area contributed by atoms with Crippen molar-refractivity contribution in [1.82, 2.24) is 20.6 Å². The number of aromatic amines is 1. The minimum atomic E-state index is 0. The van der Waals surface area contributed by atoms with Crippen LogP contribution in [0.4, 0.5) is 0 Å². The van der Waals surface area contributed by atoms with Crippen molar-refractivity contribution < 1.29 is 0 Å². The number of aryl methyl sites for hydroxylation is 2. The third kappa shape index (κ3) is 5.20. The van der Waals surface area contributed by atoms with Crippen molar-refractivity contribution in [3.05, 3.63) is 65.1 Å². The van der Waals surface area contributed by atoms with E-state index in [0.29, 0.717) is 6.54 Å². The predicted octanol–water partition coefficient (Wildman–Crippen LogP) is 3.71. The van der Waals surface area contributed by atoms with Gasteiger partial charge in [-0.05, 0) is 49.6 Å². The normalized spacial score (nSPS) is 11.3. The summed E-state index contributed by atoms with van der Waals surface area (Å²) in [5.41, 5.74) is 5.82. The van der Waals surface area contributed by atoms with Crippen molar-refractivity contribution in [2.45, 2.75) is 26.8 Å². The molecule has 6 heteroatoms. The van der Waals surface area contributed by atoms with Crippen molar-refractivity contribution in [3.8, 4) is 0 Å². The number of benzene rings is 1. The molecule has 1 aromatic carbocycles. The van der Waals surface area contributed by atoms with Crippen LogP contribution < -0.4 is 10.6 Å². The molecule has 0 amide bonds. The molecule has 0 aliphatic carbocycles. The van der Waals surface area contributed by atoms with E-state index in [-0.39, 0.29) is 24.0 Å². The van der Waals surface area contributed by atoms with Gasteiger partial charge in [-0.15, -0.1) is 24.0 Å². The number of hydrogen-bond donors (Lipinski definition) is 3. The summed E-state index contributed by atoms with van der Waals surface area (Å²) in [6.07, 6.45) is 3.03. The molecule has 2 heterocycles. The Morgan fingerprint density at radius 2 is 2.00 bits per heavy atom. The summed E-state index contributed by atoms with van der Waals surface area (Å²) in [6.45, 7) is 5.59. The lowest BCUT2D eigenvalue weighted by molar-refractivity contribution is 0.783. The van der Waals surface area contributed by atoms with Gasteiger partial charge in [0.15, 0.2) is 5.96 Å². The Morgan fingerprint density at radius 1 is 1.15 bits per heavy atom. The fourth-order valence-electron chi connectivity index (χ4n) is 2.92. The number of nitrogens with zero attached hydrogens (tertiary/aromatic N) is 2. The molecule has 0 fully saturated rings. The molecule has 0 saturated carbocycles. The SMILES string of the molecule is CN=C(NCCc1c[nH]c2cc(C)ccc12)NCc1cccc(C)n1.I. The zero-order valence-electron chi connectivity index (χ0n) is 15.5. The van der Waals surface area contributed by atoms with Crippen molar-refractivity contribution in [2.75, 3.05) is 13.6 Å². The smallest absolute Gasteiger partial charge is 0.191 e. The number of pyridine rings is 1. The Morgan fingerprint density at radius 3 is 2.77 bits per heavy atom. The number of aliphatic imine (C=N–C) groups is 1. The monoisotopic (exact) mass is 463 g/mol. The molecule has 3 rings (SSSR count). The Kier molecular flexibility index (Phi) is 7.44. The Hall–Kier alpha value is -2.09. The lowest BCUT2D eigenvalue weighted by Crippen LogP contribution is -2.38. The lowest BCUT2D eigenvalue weighted by atomic mass is 10.1. The van der Waals surface area contributed by atoms with Crippen LogP contribution >= 0.6 is 24.0 Å². The van der Waals surface area contributed by atoms with Crippen LogP contribution in [0.25, 0.3) is 10.9 Å². The molecular weight excluding hydrogens is 437 g/mol. The molecule has 3 aromatic rings. The van der Waals surface area contributed by atoms with Crippen LogP contribution in [0.5, 0.6) is 0 Å². The number of halogens is 1. The third-order valence-corrected chi connectivity index (χ3v) is 4.22. The molecule has 0 aliphatic rings. The molecule has 0 saturated heterocycles. The molecule has 138 valence electrons. The molecule has 0 bridgehead atoms. The third-order valence-electron chi connectivity index (χ3n) is 4.22. The Balaban J connectivity index is 0.00000243. The zero-order chi connectivity index (χ0) is 17.6. The molecule has 0 unspecified atom stereocenters. The summed E-state index contributed by atoms with van der Waals surface area (Å²) in [5.74, 6) is 0.791. The fourth-order valence-corrected chi connectivity index (χ4v) is 2.92. The summed E-state index contributed by atoms with van der Waals surface area (Å²) in [4.78, 5) is 12.1. The van der Waals surface area contributed by atoms with Crippen LogP contribution in [0.15, 0.2) is 47.6 Å². The van der Waals surface area contributed by atoms with E-state index in [2.05, 4.69) is 56.9 Å². The van der Waals surface area contributed by atoms with Gasteiger partial charge in [0, 0.05) is 36.4 Å². The van der Waals surface area contributed by atoms with E-state index in [1.54, 1.807) is 7.05 Å². The molecular formula is C20H26IN5. The first-order valence-electron chi connectivity index (χ1n) is 8.59. The first kappa shape index (κ1) is 20.2. The van der Waals surface area contributed by atoms with Gasteiger partial charge in [0.2, 0.25) is 0 Å². The van der Waals surface area contributed by atoms with Crippen LogP contribution in [-0.4, -0.2) is 29.5 Å². The topological polar surface area (TPSA) is 65.1 Å². The Labute approximate surface area is 171 Å². The first-order chi connectivity index (χ1) is 12.2. The van der Waals surface area contributed by atoms with Gasteiger partial charge in [-0.3, -0.25) is 9.98 Å². The van der Waals surface area contributed by atoms with E-state index in [1.807, 2.05) is 25.1 Å². The summed E-state index contributed by atoms with van der Waals surface area (Å²) < 4.78 is 0. The van der Waals surface area contributed by atoms with Crippen molar-refractivity contribution in [2.24, 2.45) is 4.99 Å². The number of rotatable bonds is 5. The molecule has 0 spiro atoms. The van der Waals surface area contributed by atoms with Gasteiger partial charge in [-0.25, -0.2) is 0 Å². The van der Waals surface area contributed by atoms with E-state index in [0.717, 1.165) is 30.3 Å². The average Bonchev–Trinajstić information content (AvgIpc) is 3.00. The highest BCUT2D eigenvalue weighted by Gasteiger charge is 2.05. The molecule has 5 nitrogen and oxygen atoms in total. The fraction of sp³-hybridized carbons (Fsp3) is 0.300. The minimum Gasteiger partial charge on any atom is -0.361 e. The van der Waals surface area contributed by atoms with Gasteiger partial charge in [0.1, 0.15) is 0 Å².